The first-order valence-corrected chi connectivity index (χ1v) is 7.77. The number of rotatable bonds is 7. The fourth-order valence-corrected chi connectivity index (χ4v) is 2.42. The van der Waals surface area contributed by atoms with Crippen LogP contribution in [0.2, 0.25) is 0 Å². The Morgan fingerprint density at radius 1 is 1.09 bits per heavy atom. The summed E-state index contributed by atoms with van der Waals surface area (Å²) >= 11 is 0. The highest BCUT2D eigenvalue weighted by Gasteiger charge is 2.11. The number of benzene rings is 2. The zero-order chi connectivity index (χ0) is 16.7. The molecule has 0 fully saturated rings. The largest absolute Gasteiger partial charge is 0.394 e. The molecule has 2 amide bonds. The van der Waals surface area contributed by atoms with Crippen molar-refractivity contribution in [3.8, 4) is 0 Å². The average Bonchev–Trinajstić information content (AvgIpc) is 2.58. The van der Waals surface area contributed by atoms with Crippen LogP contribution in [0.3, 0.4) is 0 Å². The van der Waals surface area contributed by atoms with Crippen LogP contribution in [0.15, 0.2) is 42.5 Å². The molecule has 0 aliphatic heterocycles. The molecule has 0 saturated heterocycles. The van der Waals surface area contributed by atoms with Crippen molar-refractivity contribution in [3.05, 3.63) is 48.0 Å². The van der Waals surface area contributed by atoms with Crippen molar-refractivity contribution in [1.29, 1.82) is 0 Å². The number of carbonyl (C=O) groups is 2. The van der Waals surface area contributed by atoms with Crippen molar-refractivity contribution in [2.24, 2.45) is 0 Å². The van der Waals surface area contributed by atoms with Crippen molar-refractivity contribution in [3.63, 3.8) is 0 Å². The van der Waals surface area contributed by atoms with Gasteiger partial charge in [-0.25, -0.2) is 0 Å². The first-order chi connectivity index (χ1) is 11.1. The van der Waals surface area contributed by atoms with Crippen LogP contribution < -0.4 is 10.6 Å². The van der Waals surface area contributed by atoms with Gasteiger partial charge in [0.05, 0.1) is 25.6 Å². The second-order valence-electron chi connectivity index (χ2n) is 5.45. The molecule has 1 atom stereocenters. The maximum absolute atomic E-state index is 12.0. The van der Waals surface area contributed by atoms with Crippen LogP contribution in [0.25, 0.3) is 10.8 Å². The molecule has 0 aromatic heterocycles. The highest BCUT2D eigenvalue weighted by Crippen LogP contribution is 2.18. The van der Waals surface area contributed by atoms with E-state index in [0.717, 1.165) is 16.3 Å². The third kappa shape index (κ3) is 4.79. The molecule has 5 nitrogen and oxygen atoms in total. The number of aliphatic hydroxyl groups is 1. The Labute approximate surface area is 135 Å². The van der Waals surface area contributed by atoms with Crippen LogP contribution in [0.5, 0.6) is 0 Å². The lowest BCUT2D eigenvalue weighted by Crippen LogP contribution is -2.43. The molecule has 0 aliphatic rings. The summed E-state index contributed by atoms with van der Waals surface area (Å²) in [5.74, 6) is -0.495. The summed E-state index contributed by atoms with van der Waals surface area (Å²) in [6.45, 7) is 1.69. The van der Waals surface area contributed by atoms with Gasteiger partial charge in [0, 0.05) is 0 Å². The Morgan fingerprint density at radius 2 is 1.83 bits per heavy atom. The molecule has 0 aliphatic carbocycles. The van der Waals surface area contributed by atoms with Gasteiger partial charge >= 0.3 is 0 Å². The number of aliphatic hydroxyl groups excluding tert-OH is 1. The lowest BCUT2D eigenvalue weighted by molar-refractivity contribution is -0.126. The van der Waals surface area contributed by atoms with E-state index in [-0.39, 0.29) is 37.4 Å². The molecule has 3 N–H and O–H groups in total. The molecule has 0 saturated carbocycles. The number of hydrogen-bond acceptors (Lipinski definition) is 3. The van der Waals surface area contributed by atoms with E-state index in [9.17, 15) is 9.59 Å². The van der Waals surface area contributed by atoms with Crippen LogP contribution in [0, 0.1) is 0 Å². The van der Waals surface area contributed by atoms with Gasteiger partial charge in [-0.1, -0.05) is 49.4 Å². The van der Waals surface area contributed by atoms with Crippen LogP contribution in [-0.4, -0.2) is 36.1 Å². The Hall–Kier alpha value is -2.40. The van der Waals surface area contributed by atoms with E-state index in [0.29, 0.717) is 6.42 Å². The van der Waals surface area contributed by atoms with Crippen molar-refractivity contribution >= 4 is 22.6 Å². The lowest BCUT2D eigenvalue weighted by atomic mass is 10.0. The molecular formula is C18H22N2O3. The molecule has 2 rings (SSSR count). The molecule has 2 aromatic carbocycles. The first kappa shape index (κ1) is 17.0. The lowest BCUT2D eigenvalue weighted by Gasteiger charge is -2.14. The van der Waals surface area contributed by atoms with Gasteiger partial charge in [0.25, 0.3) is 0 Å². The summed E-state index contributed by atoms with van der Waals surface area (Å²) in [6, 6.07) is 13.5. The van der Waals surface area contributed by atoms with Crippen molar-refractivity contribution in [2.75, 3.05) is 13.2 Å². The zero-order valence-electron chi connectivity index (χ0n) is 13.2. The average molecular weight is 314 g/mol. The van der Waals surface area contributed by atoms with Gasteiger partial charge in [0.2, 0.25) is 11.8 Å². The van der Waals surface area contributed by atoms with Crippen molar-refractivity contribution in [2.45, 2.75) is 25.8 Å². The van der Waals surface area contributed by atoms with Crippen LogP contribution in [0.4, 0.5) is 0 Å². The quantitative estimate of drug-likeness (QED) is 0.722. The van der Waals surface area contributed by atoms with E-state index in [1.165, 1.54) is 0 Å². The monoisotopic (exact) mass is 314 g/mol. The number of nitrogens with one attached hydrogen (secondary N) is 2. The predicted octanol–water partition coefficient (Wildman–Crippen LogP) is 1.39. The number of carbonyl (C=O) groups excluding carboxylic acids is 2. The summed E-state index contributed by atoms with van der Waals surface area (Å²) in [7, 11) is 0. The zero-order valence-corrected chi connectivity index (χ0v) is 13.2. The molecule has 0 bridgehead atoms. The van der Waals surface area contributed by atoms with Gasteiger partial charge in [-0.15, -0.1) is 0 Å². The van der Waals surface area contributed by atoms with E-state index >= 15 is 0 Å². The molecule has 0 radical (unpaired) electrons. The highest BCUT2D eigenvalue weighted by atomic mass is 16.3. The molecule has 0 spiro atoms. The third-order valence-electron chi connectivity index (χ3n) is 3.76. The fourth-order valence-electron chi connectivity index (χ4n) is 2.42. The first-order valence-electron chi connectivity index (χ1n) is 7.77. The van der Waals surface area contributed by atoms with Gasteiger partial charge < -0.3 is 15.7 Å². The number of hydrogen-bond donors (Lipinski definition) is 3. The Morgan fingerprint density at radius 3 is 2.57 bits per heavy atom. The fraction of sp³-hybridized carbons (Fsp3) is 0.333. The molecule has 5 heteroatoms. The van der Waals surface area contributed by atoms with Crippen LogP contribution in [-0.2, 0) is 16.0 Å². The SMILES string of the molecule is CCC(CO)NC(=O)CNC(=O)Cc1cccc2ccccc12. The van der Waals surface area contributed by atoms with E-state index in [1.54, 1.807) is 0 Å². The predicted molar refractivity (Wildman–Crippen MR) is 90.0 cm³/mol. The minimum absolute atomic E-state index is 0.0832. The van der Waals surface area contributed by atoms with Gasteiger partial charge in [-0.3, -0.25) is 9.59 Å². The minimum Gasteiger partial charge on any atom is -0.394 e. The standard InChI is InChI=1S/C18H22N2O3/c1-2-15(12-21)20-18(23)11-19-17(22)10-14-8-5-7-13-6-3-4-9-16(13)14/h3-9,15,21H,2,10-12H2,1H3,(H,19,22)(H,20,23). The van der Waals surface area contributed by atoms with Crippen molar-refractivity contribution < 1.29 is 14.7 Å². The summed E-state index contributed by atoms with van der Waals surface area (Å²) < 4.78 is 0. The summed E-state index contributed by atoms with van der Waals surface area (Å²) in [6.07, 6.45) is 0.873. The molecular weight excluding hydrogens is 292 g/mol. The van der Waals surface area contributed by atoms with E-state index < -0.39 is 0 Å². The van der Waals surface area contributed by atoms with E-state index in [2.05, 4.69) is 10.6 Å². The highest BCUT2D eigenvalue weighted by molar-refractivity contribution is 5.91. The Bertz CT molecular complexity index is 676. The molecule has 1 unspecified atom stereocenters. The summed E-state index contributed by atoms with van der Waals surface area (Å²) in [5, 5.41) is 16.5. The third-order valence-corrected chi connectivity index (χ3v) is 3.76. The van der Waals surface area contributed by atoms with Gasteiger partial charge in [-0.05, 0) is 22.8 Å². The molecule has 2 aromatic rings. The summed E-state index contributed by atoms with van der Waals surface area (Å²) in [4.78, 5) is 23.7. The normalized spacial score (nSPS) is 11.9. The summed E-state index contributed by atoms with van der Waals surface area (Å²) in [5.41, 5.74) is 0.933. The second-order valence-corrected chi connectivity index (χ2v) is 5.45. The van der Waals surface area contributed by atoms with Crippen LogP contribution >= 0.6 is 0 Å². The molecule has 23 heavy (non-hydrogen) atoms. The number of amides is 2. The number of fused-ring (bicyclic) bond motifs is 1. The van der Waals surface area contributed by atoms with Gasteiger partial charge in [0.1, 0.15) is 0 Å². The van der Waals surface area contributed by atoms with Crippen molar-refractivity contribution in [1.82, 2.24) is 10.6 Å². The minimum atomic E-state index is -0.294. The maximum Gasteiger partial charge on any atom is 0.239 e. The topological polar surface area (TPSA) is 78.4 Å². The second kappa shape index (κ2) is 8.29. The Kier molecular flexibility index (Phi) is 6.11. The van der Waals surface area contributed by atoms with Gasteiger partial charge in [0.15, 0.2) is 0 Å². The smallest absolute Gasteiger partial charge is 0.239 e. The maximum atomic E-state index is 12.0. The van der Waals surface area contributed by atoms with E-state index in [4.69, 9.17) is 5.11 Å². The Balaban J connectivity index is 1.90. The molecule has 122 valence electrons. The van der Waals surface area contributed by atoms with E-state index in [1.807, 2.05) is 49.4 Å². The van der Waals surface area contributed by atoms with Crippen LogP contribution in [0.1, 0.15) is 18.9 Å². The van der Waals surface area contributed by atoms with Gasteiger partial charge in [-0.2, -0.15) is 0 Å². The molecule has 0 heterocycles.